The smallest absolute Gasteiger partial charge is 0.253 e. The van der Waals surface area contributed by atoms with E-state index in [1.54, 1.807) is 19.4 Å². The van der Waals surface area contributed by atoms with Crippen molar-refractivity contribution in [1.29, 1.82) is 0 Å². The van der Waals surface area contributed by atoms with Crippen molar-refractivity contribution in [3.63, 3.8) is 0 Å². The lowest BCUT2D eigenvalue weighted by Crippen LogP contribution is -2.50. The first-order valence-electron chi connectivity index (χ1n) is 13.3. The molecule has 204 valence electrons. The fraction of sp³-hybridized carbons (Fsp3) is 0.519. The van der Waals surface area contributed by atoms with E-state index in [1.807, 2.05) is 17.0 Å². The monoisotopic (exact) mass is 541 g/mol. The Balaban J connectivity index is 1.29. The molecule has 2 aromatic heterocycles. The Hall–Kier alpha value is -3.08. The van der Waals surface area contributed by atoms with Crippen LogP contribution in [0.5, 0.6) is 5.75 Å². The molecule has 11 heteroatoms. The molecule has 2 aliphatic rings. The van der Waals surface area contributed by atoms with E-state index in [0.29, 0.717) is 51.4 Å². The van der Waals surface area contributed by atoms with E-state index < -0.39 is 0 Å². The van der Waals surface area contributed by atoms with E-state index in [1.165, 1.54) is 0 Å². The number of aromatic amines is 1. The summed E-state index contributed by atoms with van der Waals surface area (Å²) in [5.41, 5.74) is 1.90. The number of H-pyrrole nitrogens is 1. The molecular formula is C27H36ClN7O3. The lowest BCUT2D eigenvalue weighted by molar-refractivity contribution is 0.00159. The number of piperidine rings is 1. The van der Waals surface area contributed by atoms with Gasteiger partial charge in [0.15, 0.2) is 0 Å². The number of hydrogen-bond donors (Lipinski definition) is 3. The molecule has 10 nitrogen and oxygen atoms in total. The van der Waals surface area contributed by atoms with Crippen LogP contribution in [0.2, 0.25) is 5.02 Å². The van der Waals surface area contributed by atoms with Gasteiger partial charge in [0.25, 0.3) is 5.91 Å². The molecule has 1 aromatic carbocycles. The van der Waals surface area contributed by atoms with E-state index in [2.05, 4.69) is 44.3 Å². The standard InChI is InChI=1S/C27H36ClN7O3/c1-17(2)15-29-24-23-20(28)16-30-25(23)33-27(32-24)31-21-5-4-18(14-22(21)37-3)26(36)35-8-6-19(7-9-35)34-10-12-38-13-11-34/h4-5,14,16-17,19H,6-13,15H2,1-3H3,(H3,29,30,31,32,33). The van der Waals surface area contributed by atoms with Gasteiger partial charge in [-0.3, -0.25) is 9.69 Å². The van der Waals surface area contributed by atoms with Crippen LogP contribution in [0.4, 0.5) is 17.5 Å². The number of benzene rings is 1. The Bertz CT molecular complexity index is 1270. The molecule has 1 amide bonds. The number of fused-ring (bicyclic) bond motifs is 1. The van der Waals surface area contributed by atoms with E-state index in [9.17, 15) is 4.79 Å². The second kappa shape index (κ2) is 11.8. The van der Waals surface area contributed by atoms with Crippen molar-refractivity contribution in [3.05, 3.63) is 35.0 Å². The summed E-state index contributed by atoms with van der Waals surface area (Å²) in [5.74, 6) is 2.05. The molecule has 0 spiro atoms. The number of aromatic nitrogens is 3. The summed E-state index contributed by atoms with van der Waals surface area (Å²) in [4.78, 5) is 30.1. The third-order valence-electron chi connectivity index (χ3n) is 7.17. The minimum atomic E-state index is 0.0224. The molecule has 38 heavy (non-hydrogen) atoms. The molecule has 4 heterocycles. The average Bonchev–Trinajstić information content (AvgIpc) is 3.32. The third kappa shape index (κ3) is 5.82. The predicted molar refractivity (Wildman–Crippen MR) is 150 cm³/mol. The van der Waals surface area contributed by atoms with Crippen LogP contribution in [0.15, 0.2) is 24.4 Å². The SMILES string of the molecule is COc1cc(C(=O)N2CCC(N3CCOCC3)CC2)ccc1Nc1nc(NCC(C)C)c2c(Cl)c[nH]c2n1. The number of morpholine rings is 1. The fourth-order valence-electron chi connectivity index (χ4n) is 5.09. The molecule has 2 saturated heterocycles. The Morgan fingerprint density at radius 2 is 1.97 bits per heavy atom. The molecule has 3 N–H and O–H groups in total. The van der Waals surface area contributed by atoms with Crippen molar-refractivity contribution >= 4 is 46.0 Å². The first-order chi connectivity index (χ1) is 18.4. The minimum absolute atomic E-state index is 0.0224. The summed E-state index contributed by atoms with van der Waals surface area (Å²) in [6, 6.07) is 5.96. The molecule has 5 rings (SSSR count). The summed E-state index contributed by atoms with van der Waals surface area (Å²) in [7, 11) is 1.59. The van der Waals surface area contributed by atoms with Crippen molar-refractivity contribution in [1.82, 2.24) is 24.8 Å². The molecule has 3 aromatic rings. The number of halogens is 1. The van der Waals surface area contributed by atoms with Crippen LogP contribution in [-0.2, 0) is 4.74 Å². The van der Waals surface area contributed by atoms with Gasteiger partial charge in [-0.2, -0.15) is 9.97 Å². The van der Waals surface area contributed by atoms with Crippen molar-refractivity contribution in [3.8, 4) is 5.75 Å². The van der Waals surface area contributed by atoms with Gasteiger partial charge in [0.2, 0.25) is 5.95 Å². The number of hydrogen-bond acceptors (Lipinski definition) is 8. The average molecular weight is 542 g/mol. The minimum Gasteiger partial charge on any atom is -0.495 e. The van der Waals surface area contributed by atoms with Crippen molar-refractivity contribution < 1.29 is 14.3 Å². The maximum absolute atomic E-state index is 13.3. The van der Waals surface area contributed by atoms with Crippen LogP contribution >= 0.6 is 11.6 Å². The lowest BCUT2D eigenvalue weighted by atomic mass is 10.0. The first-order valence-corrected chi connectivity index (χ1v) is 13.7. The Kier molecular flexibility index (Phi) is 8.21. The Morgan fingerprint density at radius 3 is 2.68 bits per heavy atom. The van der Waals surface area contributed by atoms with Gasteiger partial charge >= 0.3 is 0 Å². The van der Waals surface area contributed by atoms with Crippen LogP contribution in [0, 0.1) is 5.92 Å². The predicted octanol–water partition coefficient (Wildman–Crippen LogP) is 4.37. The molecule has 0 bridgehead atoms. The largest absolute Gasteiger partial charge is 0.495 e. The summed E-state index contributed by atoms with van der Waals surface area (Å²) in [5, 5.41) is 7.93. The number of methoxy groups -OCH3 is 1. The van der Waals surface area contributed by atoms with Gasteiger partial charge < -0.3 is 30.0 Å². The van der Waals surface area contributed by atoms with Gasteiger partial charge in [0, 0.05) is 50.5 Å². The number of carbonyl (C=O) groups is 1. The van der Waals surface area contributed by atoms with Gasteiger partial charge in [0.1, 0.15) is 17.2 Å². The highest BCUT2D eigenvalue weighted by atomic mass is 35.5. The third-order valence-corrected chi connectivity index (χ3v) is 7.47. The molecule has 0 radical (unpaired) electrons. The number of likely N-dealkylation sites (tertiary alicyclic amines) is 1. The van der Waals surface area contributed by atoms with Crippen molar-refractivity contribution in [2.75, 3.05) is 63.7 Å². The first kappa shape index (κ1) is 26.5. The number of ether oxygens (including phenoxy) is 2. The highest BCUT2D eigenvalue weighted by Gasteiger charge is 2.28. The van der Waals surface area contributed by atoms with Crippen LogP contribution in [0.25, 0.3) is 11.0 Å². The van der Waals surface area contributed by atoms with Crippen LogP contribution in [0.1, 0.15) is 37.0 Å². The van der Waals surface area contributed by atoms with Gasteiger partial charge in [0.05, 0.1) is 36.4 Å². The summed E-state index contributed by atoms with van der Waals surface area (Å²) in [6.07, 6.45) is 3.67. The zero-order valence-electron chi connectivity index (χ0n) is 22.2. The zero-order valence-corrected chi connectivity index (χ0v) is 23.0. The highest BCUT2D eigenvalue weighted by molar-refractivity contribution is 6.36. The number of anilines is 3. The lowest BCUT2D eigenvalue weighted by Gasteiger charge is -2.40. The van der Waals surface area contributed by atoms with Crippen molar-refractivity contribution in [2.45, 2.75) is 32.7 Å². The Morgan fingerprint density at radius 1 is 1.21 bits per heavy atom. The van der Waals surface area contributed by atoms with Gasteiger partial charge in [-0.05, 0) is 37.0 Å². The maximum atomic E-state index is 13.3. The highest BCUT2D eigenvalue weighted by Crippen LogP contribution is 2.33. The summed E-state index contributed by atoms with van der Waals surface area (Å²) < 4.78 is 11.1. The molecule has 0 aliphatic carbocycles. The maximum Gasteiger partial charge on any atom is 0.253 e. The zero-order chi connectivity index (χ0) is 26.6. The Labute approximate surface area is 228 Å². The summed E-state index contributed by atoms with van der Waals surface area (Å²) >= 11 is 6.38. The van der Waals surface area contributed by atoms with Gasteiger partial charge in [-0.15, -0.1) is 0 Å². The number of nitrogens with one attached hydrogen (secondary N) is 3. The number of amides is 1. The second-order valence-electron chi connectivity index (χ2n) is 10.2. The molecule has 0 atom stereocenters. The number of rotatable bonds is 8. The van der Waals surface area contributed by atoms with E-state index in [4.69, 9.17) is 21.1 Å². The molecular weight excluding hydrogens is 506 g/mol. The normalized spacial score (nSPS) is 17.2. The second-order valence-corrected chi connectivity index (χ2v) is 10.6. The van der Waals surface area contributed by atoms with Crippen molar-refractivity contribution in [2.24, 2.45) is 5.92 Å². The fourth-order valence-corrected chi connectivity index (χ4v) is 5.32. The van der Waals surface area contributed by atoms with Crippen LogP contribution in [-0.4, -0.2) is 89.7 Å². The van der Waals surface area contributed by atoms with Crippen LogP contribution < -0.4 is 15.4 Å². The van der Waals surface area contributed by atoms with Gasteiger partial charge in [-0.25, -0.2) is 0 Å². The van der Waals surface area contributed by atoms with E-state index in [-0.39, 0.29) is 5.91 Å². The van der Waals surface area contributed by atoms with E-state index in [0.717, 1.165) is 64.2 Å². The molecule has 0 saturated carbocycles. The van der Waals surface area contributed by atoms with Gasteiger partial charge in [-0.1, -0.05) is 25.4 Å². The number of carbonyl (C=O) groups excluding carboxylic acids is 1. The van der Waals surface area contributed by atoms with E-state index >= 15 is 0 Å². The topological polar surface area (TPSA) is 108 Å². The summed E-state index contributed by atoms with van der Waals surface area (Å²) in [6.45, 7) is 10.1. The molecule has 2 fully saturated rings. The van der Waals surface area contributed by atoms with Crippen LogP contribution in [0.3, 0.4) is 0 Å². The quantitative estimate of drug-likeness (QED) is 0.386. The molecule has 0 unspecified atom stereocenters. The molecule has 2 aliphatic heterocycles. The number of nitrogens with zero attached hydrogens (tertiary/aromatic N) is 4.